The number of halogens is 1. The number of benzene rings is 2. The van der Waals surface area contributed by atoms with Crippen LogP contribution in [0.3, 0.4) is 0 Å². The van der Waals surface area contributed by atoms with Gasteiger partial charge in [-0.1, -0.05) is 18.2 Å². The van der Waals surface area contributed by atoms with Gasteiger partial charge >= 0.3 is 5.97 Å². The molecule has 116 valence electrons. The molecule has 1 heterocycles. The Morgan fingerprint density at radius 2 is 1.96 bits per heavy atom. The number of amides is 1. The fourth-order valence-electron chi connectivity index (χ4n) is 2.95. The normalized spacial score (nSPS) is 16.3. The number of hydrogen-bond donors (Lipinski definition) is 1. The first-order valence-corrected chi connectivity index (χ1v) is 7.11. The van der Waals surface area contributed by atoms with Crippen molar-refractivity contribution in [3.8, 4) is 0 Å². The summed E-state index contributed by atoms with van der Waals surface area (Å²) >= 11 is 0. The molecule has 0 spiro atoms. The lowest BCUT2D eigenvalue weighted by Crippen LogP contribution is -2.28. The number of aromatic carboxylic acids is 1. The van der Waals surface area contributed by atoms with Gasteiger partial charge in [0, 0.05) is 5.69 Å². The molecule has 0 bridgehead atoms. The predicted octanol–water partition coefficient (Wildman–Crippen LogP) is 3.80. The van der Waals surface area contributed by atoms with E-state index in [-0.39, 0.29) is 17.2 Å². The SMILES string of the molecule is C=CC[C@@H]1c2cccc(C(=O)O)c2C(=O)N1c1ccc(F)cc1. The predicted molar refractivity (Wildman–Crippen MR) is 84.2 cm³/mol. The van der Waals surface area contributed by atoms with Crippen LogP contribution in [0.4, 0.5) is 10.1 Å². The van der Waals surface area contributed by atoms with Gasteiger partial charge in [0.1, 0.15) is 5.82 Å². The van der Waals surface area contributed by atoms with Crippen LogP contribution in [0.2, 0.25) is 0 Å². The van der Waals surface area contributed by atoms with Gasteiger partial charge in [0.05, 0.1) is 17.2 Å². The smallest absolute Gasteiger partial charge is 0.336 e. The van der Waals surface area contributed by atoms with E-state index < -0.39 is 17.7 Å². The van der Waals surface area contributed by atoms with E-state index in [1.165, 1.54) is 35.2 Å². The van der Waals surface area contributed by atoms with Crippen molar-refractivity contribution in [2.24, 2.45) is 0 Å². The van der Waals surface area contributed by atoms with Crippen LogP contribution in [0.5, 0.6) is 0 Å². The summed E-state index contributed by atoms with van der Waals surface area (Å²) in [6, 6.07) is 10.0. The second-order valence-electron chi connectivity index (χ2n) is 5.27. The zero-order valence-electron chi connectivity index (χ0n) is 12.2. The van der Waals surface area contributed by atoms with E-state index in [0.717, 1.165) is 0 Å². The molecule has 1 amide bonds. The maximum atomic E-state index is 13.2. The lowest BCUT2D eigenvalue weighted by Gasteiger charge is -2.24. The molecule has 3 rings (SSSR count). The van der Waals surface area contributed by atoms with E-state index in [2.05, 4.69) is 6.58 Å². The molecule has 1 N–H and O–H groups in total. The molecule has 0 radical (unpaired) electrons. The van der Waals surface area contributed by atoms with Crippen LogP contribution < -0.4 is 4.90 Å². The first kappa shape index (κ1) is 15.0. The van der Waals surface area contributed by atoms with Crippen molar-refractivity contribution in [3.05, 3.63) is 77.6 Å². The second-order valence-corrected chi connectivity index (χ2v) is 5.27. The zero-order valence-corrected chi connectivity index (χ0v) is 12.2. The average Bonchev–Trinajstić information content (AvgIpc) is 2.81. The second kappa shape index (κ2) is 5.68. The Morgan fingerprint density at radius 3 is 2.57 bits per heavy atom. The minimum atomic E-state index is -1.14. The van der Waals surface area contributed by atoms with Crippen LogP contribution in [0, 0.1) is 5.82 Å². The van der Waals surface area contributed by atoms with E-state index in [0.29, 0.717) is 17.7 Å². The minimum absolute atomic E-state index is 0.0221. The fraction of sp³-hybridized carbons (Fsp3) is 0.111. The third-order valence-corrected chi connectivity index (χ3v) is 3.93. The highest BCUT2D eigenvalue weighted by Gasteiger charge is 2.39. The molecule has 5 heteroatoms. The van der Waals surface area contributed by atoms with Crippen molar-refractivity contribution in [3.63, 3.8) is 0 Å². The average molecular weight is 311 g/mol. The van der Waals surface area contributed by atoms with Crippen molar-refractivity contribution in [1.29, 1.82) is 0 Å². The molecule has 2 aromatic carbocycles. The third-order valence-electron chi connectivity index (χ3n) is 3.93. The molecule has 23 heavy (non-hydrogen) atoms. The van der Waals surface area contributed by atoms with Crippen molar-refractivity contribution in [2.45, 2.75) is 12.5 Å². The Balaban J connectivity index is 2.17. The molecular weight excluding hydrogens is 297 g/mol. The van der Waals surface area contributed by atoms with Gasteiger partial charge in [-0.25, -0.2) is 9.18 Å². The summed E-state index contributed by atoms with van der Waals surface area (Å²) in [5.74, 6) is -1.94. The number of carboxylic acid groups (broad SMARTS) is 1. The Morgan fingerprint density at radius 1 is 1.26 bits per heavy atom. The molecule has 1 aliphatic heterocycles. The number of carboxylic acids is 1. The maximum Gasteiger partial charge on any atom is 0.336 e. The number of hydrogen-bond acceptors (Lipinski definition) is 2. The van der Waals surface area contributed by atoms with E-state index in [1.807, 2.05) is 0 Å². The van der Waals surface area contributed by atoms with Crippen molar-refractivity contribution >= 4 is 17.6 Å². The summed E-state index contributed by atoms with van der Waals surface area (Å²) in [5.41, 5.74) is 1.34. The minimum Gasteiger partial charge on any atom is -0.478 e. The van der Waals surface area contributed by atoms with Crippen molar-refractivity contribution < 1.29 is 19.1 Å². The third kappa shape index (κ3) is 2.40. The molecule has 0 saturated heterocycles. The molecule has 1 atom stereocenters. The topological polar surface area (TPSA) is 57.6 Å². The molecular formula is C18H14FNO3. The Kier molecular flexibility index (Phi) is 3.70. The lowest BCUT2D eigenvalue weighted by atomic mass is 9.98. The van der Waals surface area contributed by atoms with Crippen LogP contribution in [-0.4, -0.2) is 17.0 Å². The summed E-state index contributed by atoms with van der Waals surface area (Å²) in [5, 5.41) is 9.34. The number of nitrogens with zero attached hydrogens (tertiary/aromatic N) is 1. The molecule has 0 aromatic heterocycles. The summed E-state index contributed by atoms with van der Waals surface area (Å²) in [6.07, 6.45) is 2.15. The van der Waals surface area contributed by atoms with Gasteiger partial charge in [0.15, 0.2) is 0 Å². The molecule has 1 aliphatic rings. The van der Waals surface area contributed by atoms with Gasteiger partial charge in [-0.2, -0.15) is 0 Å². The lowest BCUT2D eigenvalue weighted by molar-refractivity contribution is 0.0692. The Labute approximate surface area is 132 Å². The summed E-state index contributed by atoms with van der Waals surface area (Å²) in [4.78, 5) is 25.7. The van der Waals surface area contributed by atoms with E-state index in [9.17, 15) is 19.1 Å². The van der Waals surface area contributed by atoms with Crippen LogP contribution >= 0.6 is 0 Å². The number of anilines is 1. The number of carbonyl (C=O) groups is 2. The monoisotopic (exact) mass is 311 g/mol. The number of fused-ring (bicyclic) bond motifs is 1. The standard InChI is InChI=1S/C18H14FNO3/c1-2-4-15-13-5-3-6-14(18(22)23)16(13)17(21)20(15)12-9-7-11(19)8-10-12/h2-3,5-10,15H,1,4H2,(H,22,23)/t15-/m1/s1. The van der Waals surface area contributed by atoms with Crippen LogP contribution in [0.1, 0.15) is 38.7 Å². The quantitative estimate of drug-likeness (QED) is 0.874. The van der Waals surface area contributed by atoms with E-state index in [1.54, 1.807) is 18.2 Å². The highest BCUT2D eigenvalue weighted by Crippen LogP contribution is 2.40. The first-order chi connectivity index (χ1) is 11.0. The highest BCUT2D eigenvalue weighted by molar-refractivity contribution is 6.16. The van der Waals surface area contributed by atoms with E-state index >= 15 is 0 Å². The summed E-state index contributed by atoms with van der Waals surface area (Å²) in [7, 11) is 0. The summed E-state index contributed by atoms with van der Waals surface area (Å²) < 4.78 is 13.2. The number of rotatable bonds is 4. The highest BCUT2D eigenvalue weighted by atomic mass is 19.1. The number of carbonyl (C=O) groups excluding carboxylic acids is 1. The van der Waals surface area contributed by atoms with Crippen LogP contribution in [0.15, 0.2) is 55.1 Å². The van der Waals surface area contributed by atoms with Crippen LogP contribution in [-0.2, 0) is 0 Å². The van der Waals surface area contributed by atoms with Crippen molar-refractivity contribution in [1.82, 2.24) is 0 Å². The molecule has 4 nitrogen and oxygen atoms in total. The molecule has 0 fully saturated rings. The Bertz CT molecular complexity index is 798. The van der Waals surface area contributed by atoms with Crippen LogP contribution in [0.25, 0.3) is 0 Å². The van der Waals surface area contributed by atoms with Crippen molar-refractivity contribution in [2.75, 3.05) is 4.90 Å². The molecule has 0 saturated carbocycles. The van der Waals surface area contributed by atoms with Gasteiger partial charge in [-0.05, 0) is 42.3 Å². The maximum absolute atomic E-state index is 13.2. The fourth-order valence-corrected chi connectivity index (χ4v) is 2.95. The van der Waals surface area contributed by atoms with Gasteiger partial charge in [0.25, 0.3) is 5.91 Å². The largest absolute Gasteiger partial charge is 0.478 e. The van der Waals surface area contributed by atoms with Gasteiger partial charge in [-0.3, -0.25) is 4.79 Å². The molecule has 2 aromatic rings. The van der Waals surface area contributed by atoms with E-state index in [4.69, 9.17) is 0 Å². The van der Waals surface area contributed by atoms with Gasteiger partial charge < -0.3 is 10.0 Å². The molecule has 0 unspecified atom stereocenters. The van der Waals surface area contributed by atoms with Gasteiger partial charge in [0.2, 0.25) is 0 Å². The summed E-state index contributed by atoms with van der Waals surface area (Å²) in [6.45, 7) is 3.71. The zero-order chi connectivity index (χ0) is 16.6. The van der Waals surface area contributed by atoms with Gasteiger partial charge in [-0.15, -0.1) is 6.58 Å². The molecule has 0 aliphatic carbocycles. The first-order valence-electron chi connectivity index (χ1n) is 7.11. The Hall–Kier alpha value is -2.95.